The summed E-state index contributed by atoms with van der Waals surface area (Å²) < 4.78 is 0. The molecule has 1 aliphatic rings. The van der Waals surface area contributed by atoms with Crippen LogP contribution in [0.5, 0.6) is 0 Å². The van der Waals surface area contributed by atoms with Gasteiger partial charge in [-0.3, -0.25) is 9.69 Å². The van der Waals surface area contributed by atoms with Gasteiger partial charge in [-0.1, -0.05) is 24.6 Å². The fourth-order valence-corrected chi connectivity index (χ4v) is 3.14. The number of nitrogens with zero attached hydrogens (tertiary/aromatic N) is 1. The summed E-state index contributed by atoms with van der Waals surface area (Å²) in [5, 5.41) is 4.03. The Kier molecular flexibility index (Phi) is 6.03. The van der Waals surface area contributed by atoms with Gasteiger partial charge in [0.25, 0.3) is 0 Å². The van der Waals surface area contributed by atoms with Gasteiger partial charge in [0.15, 0.2) is 0 Å². The molecule has 1 aliphatic heterocycles. The molecule has 1 aromatic rings. The Balaban J connectivity index is 2.10. The molecule has 1 amide bonds. The Morgan fingerprint density at radius 2 is 2.14 bits per heavy atom. The van der Waals surface area contributed by atoms with Gasteiger partial charge in [-0.2, -0.15) is 0 Å². The van der Waals surface area contributed by atoms with Gasteiger partial charge in [0.05, 0.1) is 0 Å². The lowest BCUT2D eigenvalue weighted by Gasteiger charge is -2.34. The average Bonchev–Trinajstić information content (AvgIpc) is 2.49. The molecule has 1 aromatic carbocycles. The minimum atomic E-state index is -0.438. The number of piperidine rings is 1. The molecule has 1 heterocycles. The van der Waals surface area contributed by atoms with E-state index in [1.54, 1.807) is 12.1 Å². The van der Waals surface area contributed by atoms with Gasteiger partial charge in [0.1, 0.15) is 0 Å². The number of rotatable bonds is 6. The molecule has 0 radical (unpaired) electrons. The van der Waals surface area contributed by atoms with Crippen LogP contribution in [0.25, 0.3) is 0 Å². The summed E-state index contributed by atoms with van der Waals surface area (Å²) in [5.41, 5.74) is 6.81. The zero-order chi connectivity index (χ0) is 15.2. The van der Waals surface area contributed by atoms with Crippen molar-refractivity contribution in [2.45, 2.75) is 38.8 Å². The molecule has 116 valence electrons. The number of benzene rings is 1. The van der Waals surface area contributed by atoms with Crippen LogP contribution in [0.15, 0.2) is 18.2 Å². The van der Waals surface area contributed by atoms with E-state index in [1.165, 1.54) is 12.8 Å². The van der Waals surface area contributed by atoms with Gasteiger partial charge >= 0.3 is 0 Å². The highest BCUT2D eigenvalue weighted by Gasteiger charge is 2.21. The van der Waals surface area contributed by atoms with Gasteiger partial charge in [0, 0.05) is 23.2 Å². The van der Waals surface area contributed by atoms with E-state index in [2.05, 4.69) is 17.1 Å². The first-order chi connectivity index (χ1) is 10.1. The van der Waals surface area contributed by atoms with Crippen LogP contribution in [0.2, 0.25) is 5.02 Å². The van der Waals surface area contributed by atoms with E-state index in [0.29, 0.717) is 16.6 Å². The van der Waals surface area contributed by atoms with Gasteiger partial charge < -0.3 is 11.1 Å². The SMILES string of the molecule is CCCN(Cc1ccc(C(N)=O)cc1Cl)C1CCNCC1. The summed E-state index contributed by atoms with van der Waals surface area (Å²) >= 11 is 6.31. The maximum atomic E-state index is 11.2. The summed E-state index contributed by atoms with van der Waals surface area (Å²) in [6.45, 7) is 6.26. The van der Waals surface area contributed by atoms with Crippen LogP contribution in [0.1, 0.15) is 42.1 Å². The Morgan fingerprint density at radius 1 is 1.43 bits per heavy atom. The first-order valence-corrected chi connectivity index (χ1v) is 8.02. The lowest BCUT2D eigenvalue weighted by Crippen LogP contribution is -2.43. The predicted octanol–water partition coefficient (Wildman–Crippen LogP) is 2.40. The smallest absolute Gasteiger partial charge is 0.248 e. The molecule has 21 heavy (non-hydrogen) atoms. The average molecular weight is 310 g/mol. The first kappa shape index (κ1) is 16.3. The van der Waals surface area contributed by atoms with Crippen molar-refractivity contribution in [2.24, 2.45) is 5.73 Å². The van der Waals surface area contributed by atoms with E-state index in [-0.39, 0.29) is 0 Å². The highest BCUT2D eigenvalue weighted by Crippen LogP contribution is 2.22. The molecule has 3 N–H and O–H groups in total. The Morgan fingerprint density at radius 3 is 2.71 bits per heavy atom. The lowest BCUT2D eigenvalue weighted by molar-refractivity contribution is 0.1000. The summed E-state index contributed by atoms with van der Waals surface area (Å²) in [7, 11) is 0. The van der Waals surface area contributed by atoms with Gasteiger partial charge in [0.2, 0.25) is 5.91 Å². The fraction of sp³-hybridized carbons (Fsp3) is 0.562. The van der Waals surface area contributed by atoms with Crippen molar-refractivity contribution in [3.63, 3.8) is 0 Å². The van der Waals surface area contributed by atoms with E-state index in [4.69, 9.17) is 17.3 Å². The maximum absolute atomic E-state index is 11.2. The lowest BCUT2D eigenvalue weighted by atomic mass is 10.0. The van der Waals surface area contributed by atoms with Crippen molar-refractivity contribution in [2.75, 3.05) is 19.6 Å². The van der Waals surface area contributed by atoms with Gasteiger partial charge in [-0.25, -0.2) is 0 Å². The summed E-state index contributed by atoms with van der Waals surface area (Å²) in [4.78, 5) is 13.7. The molecule has 0 spiro atoms. The molecule has 0 saturated carbocycles. The zero-order valence-electron chi connectivity index (χ0n) is 12.6. The number of amides is 1. The molecule has 0 aliphatic carbocycles. The topological polar surface area (TPSA) is 58.4 Å². The number of nitrogens with one attached hydrogen (secondary N) is 1. The van der Waals surface area contributed by atoms with Crippen molar-refractivity contribution < 1.29 is 4.79 Å². The Labute approximate surface area is 131 Å². The molecule has 1 fully saturated rings. The quantitative estimate of drug-likeness (QED) is 0.848. The second-order valence-electron chi connectivity index (χ2n) is 5.62. The van der Waals surface area contributed by atoms with Crippen LogP contribution < -0.4 is 11.1 Å². The standard InChI is InChI=1S/C16H24ClN3O/c1-2-9-20(14-5-7-19-8-6-14)11-13-4-3-12(16(18)21)10-15(13)17/h3-4,10,14,19H,2,5-9,11H2,1H3,(H2,18,21). The summed E-state index contributed by atoms with van der Waals surface area (Å²) in [6.07, 6.45) is 3.48. The van der Waals surface area contributed by atoms with Gasteiger partial charge in [-0.05, 0) is 56.6 Å². The predicted molar refractivity (Wildman–Crippen MR) is 86.6 cm³/mol. The zero-order valence-corrected chi connectivity index (χ0v) is 13.3. The fourth-order valence-electron chi connectivity index (χ4n) is 2.90. The molecule has 0 atom stereocenters. The van der Waals surface area contributed by atoms with Gasteiger partial charge in [-0.15, -0.1) is 0 Å². The van der Waals surface area contributed by atoms with Crippen LogP contribution in [0.3, 0.4) is 0 Å². The third kappa shape index (κ3) is 4.43. The third-order valence-corrected chi connectivity index (χ3v) is 4.40. The molecule has 2 rings (SSSR count). The van der Waals surface area contributed by atoms with Crippen LogP contribution >= 0.6 is 11.6 Å². The minimum Gasteiger partial charge on any atom is -0.366 e. The number of carbonyl (C=O) groups excluding carboxylic acids is 1. The summed E-state index contributed by atoms with van der Waals surface area (Å²) in [6, 6.07) is 5.96. The van der Waals surface area contributed by atoms with E-state index >= 15 is 0 Å². The van der Waals surface area contributed by atoms with Crippen LogP contribution in [-0.4, -0.2) is 36.5 Å². The van der Waals surface area contributed by atoms with Crippen molar-refractivity contribution in [1.82, 2.24) is 10.2 Å². The monoisotopic (exact) mass is 309 g/mol. The molecule has 1 saturated heterocycles. The highest BCUT2D eigenvalue weighted by atomic mass is 35.5. The van der Waals surface area contributed by atoms with Crippen LogP contribution in [-0.2, 0) is 6.54 Å². The van der Waals surface area contributed by atoms with E-state index in [9.17, 15) is 4.79 Å². The number of nitrogens with two attached hydrogens (primary N) is 1. The second kappa shape index (κ2) is 7.78. The molecule has 0 aromatic heterocycles. The highest BCUT2D eigenvalue weighted by molar-refractivity contribution is 6.31. The Bertz CT molecular complexity index is 486. The largest absolute Gasteiger partial charge is 0.366 e. The van der Waals surface area contributed by atoms with E-state index < -0.39 is 5.91 Å². The van der Waals surface area contributed by atoms with Crippen LogP contribution in [0.4, 0.5) is 0 Å². The first-order valence-electron chi connectivity index (χ1n) is 7.64. The van der Waals surface area contributed by atoms with Crippen molar-refractivity contribution in [1.29, 1.82) is 0 Å². The molecule has 5 heteroatoms. The van der Waals surface area contributed by atoms with Crippen LogP contribution in [0, 0.1) is 0 Å². The molecule has 0 unspecified atom stereocenters. The summed E-state index contributed by atoms with van der Waals surface area (Å²) in [5.74, 6) is -0.438. The van der Waals surface area contributed by atoms with Crippen molar-refractivity contribution in [3.8, 4) is 0 Å². The minimum absolute atomic E-state index is 0.438. The molecule has 0 bridgehead atoms. The molecular formula is C16H24ClN3O. The Hall–Kier alpha value is -1.10. The number of halogens is 1. The van der Waals surface area contributed by atoms with Crippen molar-refractivity contribution >= 4 is 17.5 Å². The second-order valence-corrected chi connectivity index (χ2v) is 6.03. The number of hydrogen-bond donors (Lipinski definition) is 2. The van der Waals surface area contributed by atoms with E-state index in [1.807, 2.05) is 6.07 Å². The van der Waals surface area contributed by atoms with E-state index in [0.717, 1.165) is 38.2 Å². The number of primary amides is 1. The normalized spacial score (nSPS) is 16.3. The molecular weight excluding hydrogens is 286 g/mol. The van der Waals surface area contributed by atoms with Crippen molar-refractivity contribution in [3.05, 3.63) is 34.3 Å². The maximum Gasteiger partial charge on any atom is 0.248 e. The number of carbonyl (C=O) groups is 1. The third-order valence-electron chi connectivity index (χ3n) is 4.05. The molecule has 4 nitrogen and oxygen atoms in total. The number of hydrogen-bond acceptors (Lipinski definition) is 3.